The molecule has 0 spiro atoms. The largest absolute Gasteiger partial charge is 0.366 e. The van der Waals surface area contributed by atoms with Gasteiger partial charge in [0.2, 0.25) is 0 Å². The Balaban J connectivity index is 1.94. The molecule has 2 aromatic heterocycles. The molecule has 0 aliphatic heterocycles. The second-order valence-electron chi connectivity index (χ2n) is 4.18. The highest BCUT2D eigenvalue weighted by atomic mass is 32.1. The van der Waals surface area contributed by atoms with Gasteiger partial charge in [0, 0.05) is 24.8 Å². The van der Waals surface area contributed by atoms with Crippen LogP contribution in [0.5, 0.6) is 0 Å². The van der Waals surface area contributed by atoms with Crippen molar-refractivity contribution in [1.29, 1.82) is 0 Å². The number of anilines is 1. The number of hydrogen-bond donors (Lipinski definition) is 1. The lowest BCUT2D eigenvalue weighted by Crippen LogP contribution is -2.18. The number of rotatable bonds is 4. The number of aryl methyl sites for hydroxylation is 2. The van der Waals surface area contributed by atoms with E-state index in [9.17, 15) is 0 Å². The van der Waals surface area contributed by atoms with Crippen LogP contribution in [-0.4, -0.2) is 15.8 Å². The van der Waals surface area contributed by atoms with Crippen molar-refractivity contribution in [3.8, 4) is 0 Å². The second-order valence-corrected chi connectivity index (χ2v) is 4.96. The Morgan fingerprint density at radius 2 is 2.38 bits per heavy atom. The molecule has 0 aliphatic rings. The molecule has 4 heteroatoms. The fourth-order valence-corrected chi connectivity index (χ4v) is 2.38. The summed E-state index contributed by atoms with van der Waals surface area (Å²) in [5, 5.41) is 12.1. The molecular formula is C12H17N3S. The summed E-state index contributed by atoms with van der Waals surface area (Å²) in [4.78, 5) is 0. The molecule has 86 valence electrons. The molecule has 0 fully saturated rings. The highest BCUT2D eigenvalue weighted by Crippen LogP contribution is 2.13. The van der Waals surface area contributed by atoms with E-state index in [2.05, 4.69) is 47.2 Å². The zero-order valence-corrected chi connectivity index (χ0v) is 10.7. The molecule has 2 heterocycles. The van der Waals surface area contributed by atoms with E-state index in [4.69, 9.17) is 0 Å². The van der Waals surface area contributed by atoms with Crippen molar-refractivity contribution in [2.45, 2.75) is 26.3 Å². The van der Waals surface area contributed by atoms with Gasteiger partial charge in [-0.05, 0) is 42.7 Å². The Morgan fingerprint density at radius 3 is 2.94 bits per heavy atom. The maximum absolute atomic E-state index is 4.39. The molecule has 0 aromatic carbocycles. The Morgan fingerprint density at radius 1 is 1.56 bits per heavy atom. The predicted octanol–water partition coefficient (Wildman–Crippen LogP) is 2.83. The van der Waals surface area contributed by atoms with Crippen molar-refractivity contribution >= 4 is 17.2 Å². The molecule has 0 radical (unpaired) electrons. The van der Waals surface area contributed by atoms with E-state index in [1.807, 2.05) is 11.7 Å². The van der Waals surface area contributed by atoms with Crippen LogP contribution in [-0.2, 0) is 13.5 Å². The maximum atomic E-state index is 4.39. The van der Waals surface area contributed by atoms with Crippen molar-refractivity contribution in [1.82, 2.24) is 9.78 Å². The van der Waals surface area contributed by atoms with Gasteiger partial charge in [-0.25, -0.2) is 0 Å². The van der Waals surface area contributed by atoms with Crippen LogP contribution in [0.1, 0.15) is 18.2 Å². The monoisotopic (exact) mass is 235 g/mol. The molecule has 1 N–H and O–H groups in total. The first-order valence-electron chi connectivity index (χ1n) is 5.43. The molecule has 0 saturated carbocycles. The van der Waals surface area contributed by atoms with Crippen molar-refractivity contribution < 1.29 is 0 Å². The third-order valence-electron chi connectivity index (χ3n) is 2.63. The van der Waals surface area contributed by atoms with Crippen LogP contribution in [0.3, 0.4) is 0 Å². The first-order valence-corrected chi connectivity index (χ1v) is 6.37. The quantitative estimate of drug-likeness (QED) is 0.883. The van der Waals surface area contributed by atoms with Gasteiger partial charge in [-0.3, -0.25) is 4.68 Å². The van der Waals surface area contributed by atoms with E-state index < -0.39 is 0 Å². The molecule has 1 atom stereocenters. The third-order valence-corrected chi connectivity index (χ3v) is 3.36. The minimum absolute atomic E-state index is 0.406. The van der Waals surface area contributed by atoms with Crippen LogP contribution in [0.2, 0.25) is 0 Å². The standard InChI is InChI=1S/C12H17N3S/c1-9(6-11-4-5-16-8-11)13-12-7-10(2)15(3)14-12/h4-5,7-9H,6H2,1-3H3,(H,13,14). The van der Waals surface area contributed by atoms with Crippen LogP contribution in [0.15, 0.2) is 22.9 Å². The van der Waals surface area contributed by atoms with E-state index >= 15 is 0 Å². The molecular weight excluding hydrogens is 218 g/mol. The minimum atomic E-state index is 0.406. The summed E-state index contributed by atoms with van der Waals surface area (Å²) in [5.41, 5.74) is 2.56. The van der Waals surface area contributed by atoms with Gasteiger partial charge in [0.1, 0.15) is 5.82 Å². The van der Waals surface area contributed by atoms with Crippen LogP contribution in [0.25, 0.3) is 0 Å². The average molecular weight is 235 g/mol. The lowest BCUT2D eigenvalue weighted by Gasteiger charge is -2.11. The van der Waals surface area contributed by atoms with Crippen LogP contribution < -0.4 is 5.32 Å². The summed E-state index contributed by atoms with van der Waals surface area (Å²) in [7, 11) is 1.96. The Bertz CT molecular complexity index is 425. The van der Waals surface area contributed by atoms with E-state index in [1.165, 1.54) is 11.3 Å². The number of thiophene rings is 1. The van der Waals surface area contributed by atoms with Gasteiger partial charge in [0.25, 0.3) is 0 Å². The topological polar surface area (TPSA) is 29.9 Å². The predicted molar refractivity (Wildman–Crippen MR) is 69.1 cm³/mol. The highest BCUT2D eigenvalue weighted by molar-refractivity contribution is 7.07. The zero-order valence-electron chi connectivity index (χ0n) is 9.90. The van der Waals surface area contributed by atoms with Crippen molar-refractivity contribution in [2.75, 3.05) is 5.32 Å². The number of nitrogens with zero attached hydrogens (tertiary/aromatic N) is 2. The highest BCUT2D eigenvalue weighted by Gasteiger charge is 2.06. The normalized spacial score (nSPS) is 12.7. The molecule has 16 heavy (non-hydrogen) atoms. The number of nitrogens with one attached hydrogen (secondary N) is 1. The zero-order chi connectivity index (χ0) is 11.5. The molecule has 2 aromatic rings. The summed E-state index contributed by atoms with van der Waals surface area (Å²) < 4.78 is 1.89. The van der Waals surface area contributed by atoms with Gasteiger partial charge in [-0.2, -0.15) is 16.4 Å². The van der Waals surface area contributed by atoms with Gasteiger partial charge in [0.05, 0.1) is 0 Å². The summed E-state index contributed by atoms with van der Waals surface area (Å²) >= 11 is 1.75. The maximum Gasteiger partial charge on any atom is 0.148 e. The van der Waals surface area contributed by atoms with Gasteiger partial charge in [-0.15, -0.1) is 0 Å². The molecule has 1 unspecified atom stereocenters. The van der Waals surface area contributed by atoms with Gasteiger partial charge in [-0.1, -0.05) is 0 Å². The Kier molecular flexibility index (Phi) is 3.29. The SMILES string of the molecule is Cc1cc(NC(C)Cc2ccsc2)nn1C. The number of aromatic nitrogens is 2. The van der Waals surface area contributed by atoms with Gasteiger partial charge in [0.15, 0.2) is 0 Å². The average Bonchev–Trinajstić information content (AvgIpc) is 2.78. The summed E-state index contributed by atoms with van der Waals surface area (Å²) in [6, 6.07) is 4.65. The van der Waals surface area contributed by atoms with Gasteiger partial charge < -0.3 is 5.32 Å². The molecule has 0 aliphatic carbocycles. The van der Waals surface area contributed by atoms with Crippen molar-refractivity contribution in [3.63, 3.8) is 0 Å². The Labute approximate surface area is 100 Å². The van der Waals surface area contributed by atoms with Crippen LogP contribution in [0, 0.1) is 6.92 Å². The lowest BCUT2D eigenvalue weighted by atomic mass is 10.1. The van der Waals surface area contributed by atoms with E-state index in [-0.39, 0.29) is 0 Å². The fraction of sp³-hybridized carbons (Fsp3) is 0.417. The number of hydrogen-bond acceptors (Lipinski definition) is 3. The third kappa shape index (κ3) is 2.64. The van der Waals surface area contributed by atoms with E-state index in [0.717, 1.165) is 12.2 Å². The minimum Gasteiger partial charge on any atom is -0.366 e. The molecule has 0 amide bonds. The summed E-state index contributed by atoms with van der Waals surface area (Å²) in [6.07, 6.45) is 1.04. The Hall–Kier alpha value is -1.29. The molecule has 3 nitrogen and oxygen atoms in total. The second kappa shape index (κ2) is 4.70. The van der Waals surface area contributed by atoms with E-state index in [0.29, 0.717) is 6.04 Å². The molecule has 0 bridgehead atoms. The van der Waals surface area contributed by atoms with Crippen molar-refractivity contribution in [3.05, 3.63) is 34.2 Å². The molecule has 0 saturated heterocycles. The fourth-order valence-electron chi connectivity index (χ4n) is 1.70. The van der Waals surface area contributed by atoms with Crippen molar-refractivity contribution in [2.24, 2.45) is 7.05 Å². The first-order chi connectivity index (χ1) is 7.65. The van der Waals surface area contributed by atoms with Crippen LogP contribution in [0.4, 0.5) is 5.82 Å². The van der Waals surface area contributed by atoms with E-state index in [1.54, 1.807) is 11.3 Å². The summed E-state index contributed by atoms with van der Waals surface area (Å²) in [6.45, 7) is 4.24. The van der Waals surface area contributed by atoms with Gasteiger partial charge >= 0.3 is 0 Å². The lowest BCUT2D eigenvalue weighted by molar-refractivity contribution is 0.728. The first kappa shape index (κ1) is 11.2. The summed E-state index contributed by atoms with van der Waals surface area (Å²) in [5.74, 6) is 0.961. The smallest absolute Gasteiger partial charge is 0.148 e. The molecule has 2 rings (SSSR count). The van der Waals surface area contributed by atoms with Crippen LogP contribution >= 0.6 is 11.3 Å².